The van der Waals surface area contributed by atoms with Crippen LogP contribution in [0.15, 0.2) is 60.7 Å². The van der Waals surface area contributed by atoms with Crippen molar-refractivity contribution in [2.45, 2.75) is 32.7 Å². The Morgan fingerprint density at radius 1 is 0.920 bits per heavy atom. The lowest BCUT2D eigenvalue weighted by Crippen LogP contribution is -2.18. The van der Waals surface area contributed by atoms with Gasteiger partial charge in [0.25, 0.3) is 0 Å². The lowest BCUT2D eigenvalue weighted by molar-refractivity contribution is 0.608. The van der Waals surface area contributed by atoms with Crippen molar-refractivity contribution in [3.8, 4) is 0 Å². The van der Waals surface area contributed by atoms with E-state index in [2.05, 4.69) is 84.9 Å². The fourth-order valence-electron chi connectivity index (χ4n) is 3.43. The molecule has 0 bridgehead atoms. The molecule has 3 heteroatoms. The first-order chi connectivity index (χ1) is 12.2. The van der Waals surface area contributed by atoms with Crippen molar-refractivity contribution < 1.29 is 0 Å². The molecule has 3 aromatic rings. The van der Waals surface area contributed by atoms with Crippen LogP contribution in [0.5, 0.6) is 0 Å². The summed E-state index contributed by atoms with van der Waals surface area (Å²) < 4.78 is 1.96. The third-order valence-corrected chi connectivity index (χ3v) is 4.97. The summed E-state index contributed by atoms with van der Waals surface area (Å²) >= 11 is 0. The van der Waals surface area contributed by atoms with Crippen molar-refractivity contribution >= 4 is 0 Å². The Bertz CT molecular complexity index is 751. The summed E-state index contributed by atoms with van der Waals surface area (Å²) in [6, 6.07) is 21.6. The van der Waals surface area contributed by atoms with Gasteiger partial charge in [-0.15, -0.1) is 0 Å². The second-order valence-corrected chi connectivity index (χ2v) is 6.61. The van der Waals surface area contributed by atoms with Crippen molar-refractivity contribution in [3.05, 3.63) is 88.7 Å². The first-order valence-electron chi connectivity index (χ1n) is 8.96. The summed E-state index contributed by atoms with van der Waals surface area (Å²) in [5, 5.41) is 8.11. The number of nitrogens with one attached hydrogen (secondary N) is 1. The summed E-state index contributed by atoms with van der Waals surface area (Å²) in [6.45, 7) is 6.07. The van der Waals surface area contributed by atoms with Crippen LogP contribution in [0.1, 0.15) is 40.4 Å². The standard InChI is InChI=1S/C22H27N3/c1-17-22(18(2)25(3)24-17)16-23-15-14-21(19-10-6-4-7-11-19)20-12-8-5-9-13-20/h4-13,21,23H,14-16H2,1-3H3. The van der Waals surface area contributed by atoms with Crippen LogP contribution in [-0.4, -0.2) is 16.3 Å². The quantitative estimate of drug-likeness (QED) is 0.652. The fourth-order valence-corrected chi connectivity index (χ4v) is 3.43. The smallest absolute Gasteiger partial charge is 0.0641 e. The lowest BCUT2D eigenvalue weighted by Gasteiger charge is -2.18. The van der Waals surface area contributed by atoms with Crippen molar-refractivity contribution in [3.63, 3.8) is 0 Å². The zero-order valence-electron chi connectivity index (χ0n) is 15.4. The number of rotatable bonds is 7. The molecule has 130 valence electrons. The van der Waals surface area contributed by atoms with Gasteiger partial charge in [-0.2, -0.15) is 5.10 Å². The van der Waals surface area contributed by atoms with Crippen molar-refractivity contribution in [2.24, 2.45) is 7.05 Å². The molecule has 0 saturated carbocycles. The number of aryl methyl sites for hydroxylation is 2. The SMILES string of the molecule is Cc1nn(C)c(C)c1CNCCC(c1ccccc1)c1ccccc1. The van der Waals surface area contributed by atoms with Crippen LogP contribution in [0, 0.1) is 13.8 Å². The van der Waals surface area contributed by atoms with Gasteiger partial charge in [-0.3, -0.25) is 4.68 Å². The number of hydrogen-bond donors (Lipinski definition) is 1. The van der Waals surface area contributed by atoms with Gasteiger partial charge in [0.2, 0.25) is 0 Å². The Hall–Kier alpha value is -2.39. The van der Waals surface area contributed by atoms with E-state index in [1.54, 1.807) is 0 Å². The van der Waals surface area contributed by atoms with Crippen molar-refractivity contribution in [1.29, 1.82) is 0 Å². The molecule has 3 rings (SSSR count). The molecule has 1 aromatic heterocycles. The topological polar surface area (TPSA) is 29.9 Å². The van der Waals surface area contributed by atoms with Gasteiger partial charge in [0.1, 0.15) is 0 Å². The minimum absolute atomic E-state index is 0.422. The van der Waals surface area contributed by atoms with E-state index in [-0.39, 0.29) is 0 Å². The molecule has 0 aliphatic rings. The molecule has 0 spiro atoms. The van der Waals surface area contributed by atoms with Crippen LogP contribution < -0.4 is 5.32 Å². The summed E-state index contributed by atoms with van der Waals surface area (Å²) in [6.07, 6.45) is 1.08. The van der Waals surface area contributed by atoms with Crippen LogP contribution in [-0.2, 0) is 13.6 Å². The molecule has 0 radical (unpaired) electrons. The van der Waals surface area contributed by atoms with E-state index in [1.807, 2.05) is 11.7 Å². The second kappa shape index (κ2) is 8.13. The molecule has 1 heterocycles. The van der Waals surface area contributed by atoms with E-state index in [0.29, 0.717) is 5.92 Å². The Morgan fingerprint density at radius 3 is 1.96 bits per heavy atom. The van der Waals surface area contributed by atoms with Crippen LogP contribution in [0.25, 0.3) is 0 Å². The van der Waals surface area contributed by atoms with Gasteiger partial charge in [-0.25, -0.2) is 0 Å². The Labute approximate surface area is 150 Å². The van der Waals surface area contributed by atoms with Crippen LogP contribution in [0.4, 0.5) is 0 Å². The number of hydrogen-bond acceptors (Lipinski definition) is 2. The highest BCUT2D eigenvalue weighted by atomic mass is 15.3. The summed E-state index contributed by atoms with van der Waals surface area (Å²) in [7, 11) is 2.01. The predicted octanol–water partition coefficient (Wildman–Crippen LogP) is 4.35. The van der Waals surface area contributed by atoms with Gasteiger partial charge in [-0.05, 0) is 37.9 Å². The van der Waals surface area contributed by atoms with Crippen molar-refractivity contribution in [1.82, 2.24) is 15.1 Å². The van der Waals surface area contributed by atoms with Gasteiger partial charge in [0.05, 0.1) is 5.69 Å². The number of aromatic nitrogens is 2. The minimum atomic E-state index is 0.422. The molecule has 2 aromatic carbocycles. The molecule has 0 unspecified atom stereocenters. The molecule has 0 saturated heterocycles. The maximum absolute atomic E-state index is 4.50. The molecule has 3 nitrogen and oxygen atoms in total. The maximum Gasteiger partial charge on any atom is 0.0641 e. The Kier molecular flexibility index (Phi) is 5.67. The average molecular weight is 333 g/mol. The molecule has 0 aliphatic heterocycles. The molecule has 0 amide bonds. The van der Waals surface area contributed by atoms with E-state index in [1.165, 1.54) is 22.4 Å². The van der Waals surface area contributed by atoms with Crippen LogP contribution in [0.2, 0.25) is 0 Å². The minimum Gasteiger partial charge on any atom is -0.313 e. The normalized spacial score (nSPS) is 11.2. The van der Waals surface area contributed by atoms with Gasteiger partial charge in [0, 0.05) is 30.8 Å². The van der Waals surface area contributed by atoms with Gasteiger partial charge in [-0.1, -0.05) is 60.7 Å². The van der Waals surface area contributed by atoms with Crippen LogP contribution >= 0.6 is 0 Å². The van der Waals surface area contributed by atoms with E-state index in [9.17, 15) is 0 Å². The number of benzene rings is 2. The first-order valence-corrected chi connectivity index (χ1v) is 8.96. The molecular weight excluding hydrogens is 306 g/mol. The highest BCUT2D eigenvalue weighted by molar-refractivity contribution is 5.32. The summed E-state index contributed by atoms with van der Waals surface area (Å²) in [5.41, 5.74) is 6.44. The van der Waals surface area contributed by atoms with E-state index >= 15 is 0 Å². The Morgan fingerprint density at radius 2 is 1.48 bits per heavy atom. The molecule has 25 heavy (non-hydrogen) atoms. The average Bonchev–Trinajstić information content (AvgIpc) is 2.89. The molecular formula is C22H27N3. The van der Waals surface area contributed by atoms with Gasteiger partial charge < -0.3 is 5.32 Å². The van der Waals surface area contributed by atoms with Gasteiger partial charge >= 0.3 is 0 Å². The first kappa shape index (κ1) is 17.4. The monoisotopic (exact) mass is 333 g/mol. The van der Waals surface area contributed by atoms with E-state index in [4.69, 9.17) is 0 Å². The number of nitrogens with zero attached hydrogens (tertiary/aromatic N) is 2. The van der Waals surface area contributed by atoms with Crippen LogP contribution in [0.3, 0.4) is 0 Å². The third kappa shape index (κ3) is 4.18. The van der Waals surface area contributed by atoms with Crippen molar-refractivity contribution in [2.75, 3.05) is 6.54 Å². The van der Waals surface area contributed by atoms with E-state index < -0.39 is 0 Å². The molecule has 1 N–H and O–H groups in total. The summed E-state index contributed by atoms with van der Waals surface area (Å²) in [5.74, 6) is 0.422. The van der Waals surface area contributed by atoms with E-state index in [0.717, 1.165) is 25.2 Å². The molecule has 0 atom stereocenters. The maximum atomic E-state index is 4.50. The Balaban J connectivity index is 1.65. The van der Waals surface area contributed by atoms with Gasteiger partial charge in [0.15, 0.2) is 0 Å². The zero-order chi connectivity index (χ0) is 17.6. The summed E-state index contributed by atoms with van der Waals surface area (Å²) in [4.78, 5) is 0. The lowest BCUT2D eigenvalue weighted by atomic mass is 9.88. The predicted molar refractivity (Wildman–Crippen MR) is 104 cm³/mol. The highest BCUT2D eigenvalue weighted by Crippen LogP contribution is 2.27. The molecule has 0 fully saturated rings. The zero-order valence-corrected chi connectivity index (χ0v) is 15.4. The second-order valence-electron chi connectivity index (χ2n) is 6.61. The fraction of sp³-hybridized carbons (Fsp3) is 0.318. The molecule has 0 aliphatic carbocycles. The highest BCUT2D eigenvalue weighted by Gasteiger charge is 2.14. The third-order valence-electron chi connectivity index (χ3n) is 4.97. The largest absolute Gasteiger partial charge is 0.313 e.